The Bertz CT molecular complexity index is 868. The Morgan fingerprint density at radius 1 is 1.18 bits per heavy atom. The summed E-state index contributed by atoms with van der Waals surface area (Å²) in [5.41, 5.74) is 10.7. The summed E-state index contributed by atoms with van der Waals surface area (Å²) < 4.78 is 12.3. The standard InChI is InChI=1S/C22H30N2O4/c1-6-7-12-24-15(3)20(22(23)26)21(17(24)9-11-19(25)28-5)16-8-10-18(27-4)14(2)13-16/h8,10,13H,6-7,9,11-12H2,1-5H3,(H2,23,26). The van der Waals surface area contributed by atoms with Crippen LogP contribution >= 0.6 is 0 Å². The molecule has 1 aromatic heterocycles. The average Bonchev–Trinajstić information content (AvgIpc) is 2.95. The van der Waals surface area contributed by atoms with Crippen molar-refractivity contribution in [1.29, 1.82) is 0 Å². The van der Waals surface area contributed by atoms with E-state index in [-0.39, 0.29) is 12.4 Å². The van der Waals surface area contributed by atoms with Crippen LogP contribution in [-0.2, 0) is 22.5 Å². The van der Waals surface area contributed by atoms with Crippen LogP contribution in [0.3, 0.4) is 0 Å². The molecule has 0 spiro atoms. The molecule has 0 fully saturated rings. The Morgan fingerprint density at radius 3 is 2.43 bits per heavy atom. The zero-order chi connectivity index (χ0) is 20.8. The van der Waals surface area contributed by atoms with Gasteiger partial charge in [-0.15, -0.1) is 0 Å². The second kappa shape index (κ2) is 9.44. The number of aromatic nitrogens is 1. The maximum atomic E-state index is 12.4. The Morgan fingerprint density at radius 2 is 1.89 bits per heavy atom. The first-order chi connectivity index (χ1) is 13.3. The molecule has 0 atom stereocenters. The summed E-state index contributed by atoms with van der Waals surface area (Å²) >= 11 is 0. The number of ether oxygens (including phenoxy) is 2. The minimum Gasteiger partial charge on any atom is -0.496 e. The number of primary amides is 1. The molecule has 6 heteroatoms. The second-order valence-corrected chi connectivity index (χ2v) is 6.91. The molecular formula is C22H30N2O4. The van der Waals surface area contributed by atoms with E-state index in [0.29, 0.717) is 12.0 Å². The van der Waals surface area contributed by atoms with E-state index in [4.69, 9.17) is 15.2 Å². The average molecular weight is 386 g/mol. The number of methoxy groups -OCH3 is 2. The molecule has 1 amide bonds. The number of carbonyl (C=O) groups excluding carboxylic acids is 2. The molecule has 0 unspecified atom stereocenters. The van der Waals surface area contributed by atoms with Gasteiger partial charge in [0.05, 0.1) is 26.2 Å². The van der Waals surface area contributed by atoms with Gasteiger partial charge in [0.2, 0.25) is 0 Å². The van der Waals surface area contributed by atoms with Gasteiger partial charge in [-0.3, -0.25) is 9.59 Å². The molecule has 0 radical (unpaired) electrons. The highest BCUT2D eigenvalue weighted by molar-refractivity contribution is 6.02. The Kier molecular flexibility index (Phi) is 7.26. The summed E-state index contributed by atoms with van der Waals surface area (Å²) in [7, 11) is 3.01. The third-order valence-corrected chi connectivity index (χ3v) is 5.09. The lowest BCUT2D eigenvalue weighted by atomic mass is 9.96. The summed E-state index contributed by atoms with van der Waals surface area (Å²) in [4.78, 5) is 24.1. The SMILES string of the molecule is CCCCn1c(C)c(C(N)=O)c(-c2ccc(OC)c(C)c2)c1CCC(=O)OC. The molecule has 0 bridgehead atoms. The Hall–Kier alpha value is -2.76. The lowest BCUT2D eigenvalue weighted by Gasteiger charge is -2.13. The van der Waals surface area contributed by atoms with Crippen LogP contribution in [0.15, 0.2) is 18.2 Å². The number of hydrogen-bond acceptors (Lipinski definition) is 4. The number of nitrogens with two attached hydrogens (primary N) is 1. The first-order valence-electron chi connectivity index (χ1n) is 9.59. The van der Waals surface area contributed by atoms with Gasteiger partial charge < -0.3 is 19.8 Å². The van der Waals surface area contributed by atoms with Crippen molar-refractivity contribution >= 4 is 11.9 Å². The normalized spacial score (nSPS) is 10.8. The maximum absolute atomic E-state index is 12.4. The van der Waals surface area contributed by atoms with Crippen molar-refractivity contribution in [3.8, 4) is 16.9 Å². The number of rotatable bonds is 9. The molecule has 2 rings (SSSR count). The van der Waals surface area contributed by atoms with Gasteiger partial charge in [-0.1, -0.05) is 19.4 Å². The smallest absolute Gasteiger partial charge is 0.305 e. The monoisotopic (exact) mass is 386 g/mol. The number of aryl methyl sites for hydroxylation is 1. The van der Waals surface area contributed by atoms with Gasteiger partial charge in [0.25, 0.3) is 5.91 Å². The molecule has 152 valence electrons. The highest BCUT2D eigenvalue weighted by Gasteiger charge is 2.25. The lowest BCUT2D eigenvalue weighted by Crippen LogP contribution is -2.13. The molecule has 0 saturated heterocycles. The van der Waals surface area contributed by atoms with E-state index in [0.717, 1.165) is 53.2 Å². The van der Waals surface area contributed by atoms with Crippen molar-refractivity contribution in [3.63, 3.8) is 0 Å². The van der Waals surface area contributed by atoms with Gasteiger partial charge >= 0.3 is 5.97 Å². The molecule has 0 aliphatic carbocycles. The van der Waals surface area contributed by atoms with Gasteiger partial charge in [0.1, 0.15) is 5.75 Å². The predicted octanol–water partition coefficient (Wildman–Crippen LogP) is 3.79. The zero-order valence-electron chi connectivity index (χ0n) is 17.4. The van der Waals surface area contributed by atoms with Crippen molar-refractivity contribution in [3.05, 3.63) is 40.7 Å². The summed E-state index contributed by atoms with van der Waals surface area (Å²) in [5.74, 6) is 0.0385. The number of carbonyl (C=O) groups is 2. The van der Waals surface area contributed by atoms with Gasteiger partial charge in [-0.2, -0.15) is 0 Å². The fourth-order valence-electron chi connectivity index (χ4n) is 3.65. The van der Waals surface area contributed by atoms with Crippen LogP contribution in [0.1, 0.15) is 53.5 Å². The molecular weight excluding hydrogens is 356 g/mol. The van der Waals surface area contributed by atoms with Gasteiger partial charge in [-0.05, 0) is 49.9 Å². The zero-order valence-corrected chi connectivity index (χ0v) is 17.4. The summed E-state index contributed by atoms with van der Waals surface area (Å²) in [6, 6.07) is 5.81. The molecule has 2 N–H and O–H groups in total. The van der Waals surface area contributed by atoms with E-state index >= 15 is 0 Å². The van der Waals surface area contributed by atoms with Crippen molar-refractivity contribution in [2.45, 2.75) is 53.0 Å². The first-order valence-corrected chi connectivity index (χ1v) is 9.59. The molecule has 0 aliphatic heterocycles. The number of nitrogens with zero attached hydrogens (tertiary/aromatic N) is 1. The fraction of sp³-hybridized carbons (Fsp3) is 0.455. The minimum atomic E-state index is -0.462. The molecule has 28 heavy (non-hydrogen) atoms. The van der Waals surface area contributed by atoms with Crippen LogP contribution < -0.4 is 10.5 Å². The topological polar surface area (TPSA) is 83.5 Å². The Labute approximate surface area is 166 Å². The lowest BCUT2D eigenvalue weighted by molar-refractivity contribution is -0.140. The van der Waals surface area contributed by atoms with Crippen molar-refractivity contribution in [1.82, 2.24) is 4.57 Å². The minimum absolute atomic E-state index is 0.242. The highest BCUT2D eigenvalue weighted by atomic mass is 16.5. The molecule has 1 heterocycles. The maximum Gasteiger partial charge on any atom is 0.305 e. The molecule has 2 aromatic rings. The second-order valence-electron chi connectivity index (χ2n) is 6.91. The third kappa shape index (κ3) is 4.38. The summed E-state index contributed by atoms with van der Waals surface area (Å²) in [5, 5.41) is 0. The molecule has 0 saturated carbocycles. The number of amides is 1. The number of benzene rings is 1. The number of unbranched alkanes of at least 4 members (excludes halogenated alkanes) is 1. The molecule has 6 nitrogen and oxygen atoms in total. The van der Waals surface area contributed by atoms with Crippen LogP contribution in [0, 0.1) is 13.8 Å². The van der Waals surface area contributed by atoms with Crippen LogP contribution in [0.25, 0.3) is 11.1 Å². The van der Waals surface area contributed by atoms with E-state index in [1.165, 1.54) is 7.11 Å². The predicted molar refractivity (Wildman–Crippen MR) is 110 cm³/mol. The fourth-order valence-corrected chi connectivity index (χ4v) is 3.65. The summed E-state index contributed by atoms with van der Waals surface area (Å²) in [6.07, 6.45) is 2.72. The van der Waals surface area contributed by atoms with Crippen molar-refractivity contribution < 1.29 is 19.1 Å². The van der Waals surface area contributed by atoms with E-state index in [1.807, 2.05) is 32.0 Å². The van der Waals surface area contributed by atoms with Crippen molar-refractivity contribution in [2.24, 2.45) is 5.73 Å². The third-order valence-electron chi connectivity index (χ3n) is 5.09. The van der Waals surface area contributed by atoms with E-state index < -0.39 is 5.91 Å². The van der Waals surface area contributed by atoms with Crippen molar-refractivity contribution in [2.75, 3.05) is 14.2 Å². The van der Waals surface area contributed by atoms with E-state index in [1.54, 1.807) is 7.11 Å². The largest absolute Gasteiger partial charge is 0.496 e. The van der Waals surface area contributed by atoms with E-state index in [2.05, 4.69) is 11.5 Å². The number of esters is 1. The molecule has 1 aromatic carbocycles. The van der Waals surface area contributed by atoms with Gasteiger partial charge in [0, 0.05) is 23.5 Å². The molecule has 0 aliphatic rings. The van der Waals surface area contributed by atoms with Gasteiger partial charge in [0.15, 0.2) is 0 Å². The van der Waals surface area contributed by atoms with Crippen LogP contribution in [0.5, 0.6) is 5.75 Å². The number of hydrogen-bond donors (Lipinski definition) is 1. The quantitative estimate of drug-likeness (QED) is 0.665. The van der Waals surface area contributed by atoms with Crippen LogP contribution in [-0.4, -0.2) is 30.7 Å². The summed E-state index contributed by atoms with van der Waals surface area (Å²) in [6.45, 7) is 6.77. The van der Waals surface area contributed by atoms with E-state index in [9.17, 15) is 9.59 Å². The highest BCUT2D eigenvalue weighted by Crippen LogP contribution is 2.36. The van der Waals surface area contributed by atoms with Gasteiger partial charge in [-0.25, -0.2) is 0 Å². The van der Waals surface area contributed by atoms with Crippen LogP contribution in [0.2, 0.25) is 0 Å². The van der Waals surface area contributed by atoms with Crippen LogP contribution in [0.4, 0.5) is 0 Å². The Balaban J connectivity index is 2.70. The first kappa shape index (κ1) is 21.5.